The summed E-state index contributed by atoms with van der Waals surface area (Å²) in [7, 11) is 0. The standard InChI is InChI=1S/C14H21NO2.ClH/c1-11(2)15-12(3)10-17-14(16)9-13-7-5-4-6-8-13;/h4-8,11-12,15H,9-10H2,1-3H3;1H/t12-;/m0./s1. The van der Waals surface area contributed by atoms with Crippen molar-refractivity contribution in [1.82, 2.24) is 5.32 Å². The van der Waals surface area contributed by atoms with Gasteiger partial charge in [0.15, 0.2) is 0 Å². The maximum absolute atomic E-state index is 11.6. The Morgan fingerprint density at radius 3 is 2.39 bits per heavy atom. The van der Waals surface area contributed by atoms with Gasteiger partial charge in [0.2, 0.25) is 0 Å². The zero-order valence-corrected chi connectivity index (χ0v) is 12.0. The lowest BCUT2D eigenvalue weighted by atomic mass is 10.2. The molecule has 0 aromatic heterocycles. The third-order valence-electron chi connectivity index (χ3n) is 2.30. The molecule has 0 radical (unpaired) electrons. The molecule has 1 N–H and O–H groups in total. The third kappa shape index (κ3) is 7.30. The van der Waals surface area contributed by atoms with E-state index in [-0.39, 0.29) is 24.4 Å². The van der Waals surface area contributed by atoms with E-state index in [0.717, 1.165) is 5.56 Å². The van der Waals surface area contributed by atoms with Crippen LogP contribution >= 0.6 is 12.4 Å². The first-order valence-corrected chi connectivity index (χ1v) is 6.03. The van der Waals surface area contributed by atoms with Crippen molar-refractivity contribution in [1.29, 1.82) is 0 Å². The molecule has 0 aliphatic rings. The van der Waals surface area contributed by atoms with E-state index in [0.29, 0.717) is 19.1 Å². The highest BCUT2D eigenvalue weighted by atomic mass is 35.5. The summed E-state index contributed by atoms with van der Waals surface area (Å²) in [4.78, 5) is 11.6. The van der Waals surface area contributed by atoms with Gasteiger partial charge in [-0.2, -0.15) is 0 Å². The molecule has 0 amide bonds. The Bertz CT molecular complexity index is 341. The fraction of sp³-hybridized carbons (Fsp3) is 0.500. The minimum absolute atomic E-state index is 0. The van der Waals surface area contributed by atoms with Gasteiger partial charge >= 0.3 is 5.97 Å². The minimum Gasteiger partial charge on any atom is -0.464 e. The van der Waals surface area contributed by atoms with Gasteiger partial charge in [-0.25, -0.2) is 0 Å². The lowest BCUT2D eigenvalue weighted by Gasteiger charge is -2.16. The van der Waals surface area contributed by atoms with Crippen LogP contribution in [0, 0.1) is 0 Å². The zero-order valence-electron chi connectivity index (χ0n) is 11.2. The number of halogens is 1. The van der Waals surface area contributed by atoms with Crippen molar-refractivity contribution in [3.05, 3.63) is 35.9 Å². The topological polar surface area (TPSA) is 38.3 Å². The summed E-state index contributed by atoms with van der Waals surface area (Å²) in [5.74, 6) is -0.173. The highest BCUT2D eigenvalue weighted by Gasteiger charge is 2.08. The molecule has 0 aliphatic heterocycles. The highest BCUT2D eigenvalue weighted by molar-refractivity contribution is 5.85. The molecule has 102 valence electrons. The van der Waals surface area contributed by atoms with Crippen molar-refractivity contribution in [3.63, 3.8) is 0 Å². The molecule has 0 heterocycles. The van der Waals surface area contributed by atoms with Crippen molar-refractivity contribution in [2.75, 3.05) is 6.61 Å². The predicted molar refractivity (Wildman–Crippen MR) is 76.1 cm³/mol. The molecular formula is C14H22ClNO2. The molecule has 0 saturated heterocycles. The summed E-state index contributed by atoms with van der Waals surface area (Å²) < 4.78 is 5.21. The number of hydrogen-bond donors (Lipinski definition) is 1. The van der Waals surface area contributed by atoms with Crippen molar-refractivity contribution in [3.8, 4) is 0 Å². The summed E-state index contributed by atoms with van der Waals surface area (Å²) in [6, 6.07) is 10.2. The number of carbonyl (C=O) groups is 1. The van der Waals surface area contributed by atoms with Crippen LogP contribution in [0.2, 0.25) is 0 Å². The van der Waals surface area contributed by atoms with Crippen LogP contribution in [0.25, 0.3) is 0 Å². The molecule has 1 aromatic carbocycles. The van der Waals surface area contributed by atoms with E-state index in [4.69, 9.17) is 4.74 Å². The molecule has 3 nitrogen and oxygen atoms in total. The Labute approximate surface area is 115 Å². The van der Waals surface area contributed by atoms with Crippen molar-refractivity contribution >= 4 is 18.4 Å². The lowest BCUT2D eigenvalue weighted by molar-refractivity contribution is -0.143. The SMILES string of the molecule is CC(C)N[C@@H](C)COC(=O)Cc1ccccc1.Cl. The summed E-state index contributed by atoms with van der Waals surface area (Å²) >= 11 is 0. The smallest absolute Gasteiger partial charge is 0.310 e. The van der Waals surface area contributed by atoms with E-state index in [1.807, 2.05) is 37.3 Å². The van der Waals surface area contributed by atoms with E-state index in [9.17, 15) is 4.79 Å². The van der Waals surface area contributed by atoms with Crippen LogP contribution < -0.4 is 5.32 Å². The average Bonchev–Trinajstić information content (AvgIpc) is 2.27. The second-order valence-electron chi connectivity index (χ2n) is 4.57. The van der Waals surface area contributed by atoms with E-state index in [1.165, 1.54) is 0 Å². The number of nitrogens with one attached hydrogen (secondary N) is 1. The van der Waals surface area contributed by atoms with Gasteiger partial charge in [-0.15, -0.1) is 12.4 Å². The molecule has 18 heavy (non-hydrogen) atoms. The van der Waals surface area contributed by atoms with Gasteiger partial charge in [0.1, 0.15) is 6.61 Å². The summed E-state index contributed by atoms with van der Waals surface area (Å²) in [6.45, 7) is 6.57. The molecule has 0 bridgehead atoms. The molecule has 0 saturated carbocycles. The molecule has 4 heteroatoms. The fourth-order valence-electron chi connectivity index (χ4n) is 1.65. The van der Waals surface area contributed by atoms with E-state index < -0.39 is 0 Å². The molecule has 0 fully saturated rings. The normalized spacial score (nSPS) is 11.8. The van der Waals surface area contributed by atoms with Gasteiger partial charge in [-0.05, 0) is 12.5 Å². The Morgan fingerprint density at radius 2 is 1.83 bits per heavy atom. The van der Waals surface area contributed by atoms with Crippen molar-refractivity contribution < 1.29 is 9.53 Å². The predicted octanol–water partition coefficient (Wildman–Crippen LogP) is 2.58. The number of benzene rings is 1. The first kappa shape index (κ1) is 16.9. The molecule has 1 rings (SSSR count). The number of hydrogen-bond acceptors (Lipinski definition) is 3. The van der Waals surface area contributed by atoms with Gasteiger partial charge in [0, 0.05) is 12.1 Å². The molecule has 1 atom stereocenters. The van der Waals surface area contributed by atoms with Crippen LogP contribution in [0.5, 0.6) is 0 Å². The van der Waals surface area contributed by atoms with E-state index in [1.54, 1.807) is 0 Å². The number of rotatable bonds is 6. The summed E-state index contributed by atoms with van der Waals surface area (Å²) in [5, 5.41) is 3.28. The Hall–Kier alpha value is -1.06. The van der Waals surface area contributed by atoms with Gasteiger partial charge in [0.05, 0.1) is 6.42 Å². The molecular weight excluding hydrogens is 250 g/mol. The monoisotopic (exact) mass is 271 g/mol. The zero-order chi connectivity index (χ0) is 12.7. The first-order valence-electron chi connectivity index (χ1n) is 6.03. The molecule has 1 aromatic rings. The van der Waals surface area contributed by atoms with Crippen LogP contribution in [0.3, 0.4) is 0 Å². The van der Waals surface area contributed by atoms with Crippen LogP contribution in [-0.2, 0) is 16.0 Å². The van der Waals surface area contributed by atoms with E-state index in [2.05, 4.69) is 19.2 Å². The van der Waals surface area contributed by atoms with Gasteiger partial charge < -0.3 is 10.1 Å². The lowest BCUT2D eigenvalue weighted by Crippen LogP contribution is -2.36. The van der Waals surface area contributed by atoms with Crippen LogP contribution in [0.4, 0.5) is 0 Å². The second-order valence-corrected chi connectivity index (χ2v) is 4.57. The maximum atomic E-state index is 11.6. The number of esters is 1. The van der Waals surface area contributed by atoms with Gasteiger partial charge in [-0.3, -0.25) is 4.79 Å². The molecule has 0 aliphatic carbocycles. The second kappa shape index (κ2) is 8.95. The Kier molecular flexibility index (Phi) is 8.42. The van der Waals surface area contributed by atoms with Crippen molar-refractivity contribution in [2.24, 2.45) is 0 Å². The molecule has 0 spiro atoms. The maximum Gasteiger partial charge on any atom is 0.310 e. The van der Waals surface area contributed by atoms with E-state index >= 15 is 0 Å². The molecule has 0 unspecified atom stereocenters. The van der Waals surface area contributed by atoms with Gasteiger partial charge in [0.25, 0.3) is 0 Å². The fourth-order valence-corrected chi connectivity index (χ4v) is 1.65. The average molecular weight is 272 g/mol. The third-order valence-corrected chi connectivity index (χ3v) is 2.30. The van der Waals surface area contributed by atoms with Crippen LogP contribution in [0.1, 0.15) is 26.3 Å². The number of carbonyl (C=O) groups excluding carboxylic acids is 1. The largest absolute Gasteiger partial charge is 0.464 e. The van der Waals surface area contributed by atoms with Crippen LogP contribution in [0.15, 0.2) is 30.3 Å². The van der Waals surface area contributed by atoms with Crippen molar-refractivity contribution in [2.45, 2.75) is 39.3 Å². The van der Waals surface area contributed by atoms with Crippen LogP contribution in [-0.4, -0.2) is 24.7 Å². The summed E-state index contributed by atoms with van der Waals surface area (Å²) in [5.41, 5.74) is 0.988. The quantitative estimate of drug-likeness (QED) is 0.809. The van der Waals surface area contributed by atoms with Gasteiger partial charge in [-0.1, -0.05) is 44.2 Å². The Morgan fingerprint density at radius 1 is 1.22 bits per heavy atom. The Balaban J connectivity index is 0.00000289. The minimum atomic E-state index is -0.173. The number of ether oxygens (including phenoxy) is 1. The first-order chi connectivity index (χ1) is 8.08. The summed E-state index contributed by atoms with van der Waals surface area (Å²) in [6.07, 6.45) is 0.342. The highest BCUT2D eigenvalue weighted by Crippen LogP contribution is 2.01.